The summed E-state index contributed by atoms with van der Waals surface area (Å²) in [5.74, 6) is 0.900. The fourth-order valence-corrected chi connectivity index (χ4v) is 2.11. The molecule has 0 aromatic carbocycles. The van der Waals surface area contributed by atoms with Crippen LogP contribution in [0, 0.1) is 5.92 Å². The van der Waals surface area contributed by atoms with Crippen molar-refractivity contribution in [1.29, 1.82) is 0 Å². The van der Waals surface area contributed by atoms with Crippen LogP contribution in [-0.4, -0.2) is 12.6 Å². The fraction of sp³-hybridized carbons (Fsp3) is 0.800. The van der Waals surface area contributed by atoms with Gasteiger partial charge in [0, 0.05) is 12.0 Å². The van der Waals surface area contributed by atoms with E-state index in [-0.39, 0.29) is 5.97 Å². The van der Waals surface area contributed by atoms with Crippen LogP contribution in [0.2, 0.25) is 0 Å². The number of cyclic esters (lactones) is 1. The molecule has 1 heterocycles. The van der Waals surface area contributed by atoms with Gasteiger partial charge < -0.3 is 4.74 Å². The zero-order chi connectivity index (χ0) is 12.5. The van der Waals surface area contributed by atoms with Crippen molar-refractivity contribution in [3.05, 3.63) is 12.2 Å². The van der Waals surface area contributed by atoms with Gasteiger partial charge in [-0.3, -0.25) is 0 Å². The topological polar surface area (TPSA) is 26.3 Å². The first kappa shape index (κ1) is 14.3. The molecule has 2 rings (SSSR count). The molecule has 0 bridgehead atoms. The van der Waals surface area contributed by atoms with Gasteiger partial charge in [-0.1, -0.05) is 64.9 Å². The molecule has 0 amide bonds. The highest BCUT2D eigenvalue weighted by Crippen LogP contribution is 2.30. The van der Waals surface area contributed by atoms with Crippen LogP contribution in [-0.2, 0) is 9.53 Å². The van der Waals surface area contributed by atoms with E-state index in [4.69, 9.17) is 0 Å². The predicted octanol–water partition coefficient (Wildman–Crippen LogP) is 4.25. The summed E-state index contributed by atoms with van der Waals surface area (Å²) in [5, 5.41) is 0. The number of hydrogen-bond acceptors (Lipinski definition) is 2. The number of carbonyl (C=O) groups excluding carboxylic acids is 1. The Morgan fingerprint density at radius 1 is 1.29 bits per heavy atom. The Labute approximate surface area is 105 Å². The van der Waals surface area contributed by atoms with E-state index in [9.17, 15) is 4.79 Å². The van der Waals surface area contributed by atoms with Gasteiger partial charge in [0.2, 0.25) is 0 Å². The van der Waals surface area contributed by atoms with Crippen LogP contribution in [0.5, 0.6) is 0 Å². The van der Waals surface area contributed by atoms with E-state index in [0.29, 0.717) is 18.6 Å². The van der Waals surface area contributed by atoms with Gasteiger partial charge in [-0.05, 0) is 5.92 Å². The van der Waals surface area contributed by atoms with Crippen LogP contribution in [0.1, 0.15) is 64.7 Å². The summed E-state index contributed by atoms with van der Waals surface area (Å²) in [6, 6.07) is 0. The Morgan fingerprint density at radius 2 is 2.06 bits per heavy atom. The monoisotopic (exact) mass is 238 g/mol. The second-order valence-corrected chi connectivity index (χ2v) is 5.14. The Morgan fingerprint density at radius 3 is 2.41 bits per heavy atom. The quantitative estimate of drug-likeness (QED) is 0.406. The molecule has 2 aliphatic rings. The molecule has 1 aliphatic carbocycles. The Hall–Kier alpha value is -0.790. The molecule has 0 N–H and O–H groups in total. The van der Waals surface area contributed by atoms with Gasteiger partial charge in [0.25, 0.3) is 0 Å². The molecule has 0 atom stereocenters. The standard InChI is InChI=1S/C10H20.C5H6O2/c1-2-3-4-5-7-10-8-6-9-10;1-4-2-3-7-5(4)6/h10H,2-9H2,1H3;1-3H2. The molecule has 1 saturated carbocycles. The molecule has 2 fully saturated rings. The first-order chi connectivity index (χ1) is 8.24. The van der Waals surface area contributed by atoms with Crippen LogP contribution in [0.25, 0.3) is 0 Å². The number of unbranched alkanes of at least 4 members (excludes halogenated alkanes) is 3. The van der Waals surface area contributed by atoms with Gasteiger partial charge in [-0.15, -0.1) is 0 Å². The zero-order valence-electron chi connectivity index (χ0n) is 11.2. The second kappa shape index (κ2) is 8.32. The molecule has 98 valence electrons. The number of ether oxygens (including phenoxy) is 1. The number of carbonyl (C=O) groups is 1. The maximum atomic E-state index is 10.3. The highest BCUT2D eigenvalue weighted by Gasteiger charge is 2.16. The van der Waals surface area contributed by atoms with Gasteiger partial charge in [-0.25, -0.2) is 4.79 Å². The van der Waals surface area contributed by atoms with Gasteiger partial charge in [0.15, 0.2) is 0 Å². The lowest BCUT2D eigenvalue weighted by Gasteiger charge is -2.24. The Balaban J connectivity index is 0.000000181. The van der Waals surface area contributed by atoms with Crippen LogP contribution < -0.4 is 0 Å². The molecule has 2 heteroatoms. The second-order valence-electron chi connectivity index (χ2n) is 5.14. The van der Waals surface area contributed by atoms with Crippen molar-refractivity contribution in [2.75, 3.05) is 6.61 Å². The lowest BCUT2D eigenvalue weighted by molar-refractivity contribution is -0.135. The average molecular weight is 238 g/mol. The van der Waals surface area contributed by atoms with E-state index in [0.717, 1.165) is 5.92 Å². The summed E-state index contributed by atoms with van der Waals surface area (Å²) in [6.07, 6.45) is 12.6. The third-order valence-electron chi connectivity index (χ3n) is 3.62. The zero-order valence-corrected chi connectivity index (χ0v) is 11.2. The molecule has 1 aliphatic heterocycles. The molecule has 0 spiro atoms. The Bertz CT molecular complexity index is 227. The van der Waals surface area contributed by atoms with E-state index >= 15 is 0 Å². The van der Waals surface area contributed by atoms with E-state index in [1.165, 1.54) is 51.4 Å². The fourth-order valence-electron chi connectivity index (χ4n) is 2.11. The molecule has 0 aromatic heterocycles. The van der Waals surface area contributed by atoms with Crippen molar-refractivity contribution in [2.24, 2.45) is 5.92 Å². The van der Waals surface area contributed by atoms with Gasteiger partial charge >= 0.3 is 5.97 Å². The van der Waals surface area contributed by atoms with Crippen molar-refractivity contribution >= 4 is 5.97 Å². The van der Waals surface area contributed by atoms with E-state index in [2.05, 4.69) is 18.2 Å². The number of rotatable bonds is 5. The summed E-state index contributed by atoms with van der Waals surface area (Å²) in [5.41, 5.74) is 0.597. The van der Waals surface area contributed by atoms with E-state index < -0.39 is 0 Å². The smallest absolute Gasteiger partial charge is 0.333 e. The SMILES string of the molecule is C=C1CCOC1=O.CCCCCCC1CCC1. The van der Waals surface area contributed by atoms with Gasteiger partial charge in [-0.2, -0.15) is 0 Å². The summed E-state index contributed by atoms with van der Waals surface area (Å²) >= 11 is 0. The molecular weight excluding hydrogens is 212 g/mol. The third kappa shape index (κ3) is 5.90. The largest absolute Gasteiger partial charge is 0.462 e. The van der Waals surface area contributed by atoms with Crippen molar-refractivity contribution < 1.29 is 9.53 Å². The van der Waals surface area contributed by atoms with Crippen molar-refractivity contribution in [3.63, 3.8) is 0 Å². The minimum atomic E-state index is -0.236. The van der Waals surface area contributed by atoms with E-state index in [1.807, 2.05) is 0 Å². The first-order valence-corrected chi connectivity index (χ1v) is 7.09. The molecule has 0 unspecified atom stereocenters. The average Bonchev–Trinajstić information content (AvgIpc) is 2.62. The number of esters is 1. The first-order valence-electron chi connectivity index (χ1n) is 7.09. The summed E-state index contributed by atoms with van der Waals surface area (Å²) in [4.78, 5) is 10.3. The van der Waals surface area contributed by atoms with Crippen molar-refractivity contribution in [1.82, 2.24) is 0 Å². The molecule has 2 nitrogen and oxygen atoms in total. The summed E-state index contributed by atoms with van der Waals surface area (Å²) in [6.45, 7) is 6.27. The predicted molar refractivity (Wildman–Crippen MR) is 70.8 cm³/mol. The van der Waals surface area contributed by atoms with Crippen molar-refractivity contribution in [2.45, 2.75) is 64.7 Å². The van der Waals surface area contributed by atoms with Crippen LogP contribution in [0.15, 0.2) is 12.2 Å². The van der Waals surface area contributed by atoms with Crippen LogP contribution >= 0.6 is 0 Å². The number of hydrogen-bond donors (Lipinski definition) is 0. The van der Waals surface area contributed by atoms with Gasteiger partial charge in [0.05, 0.1) is 6.61 Å². The Kier molecular flexibility index (Phi) is 6.99. The van der Waals surface area contributed by atoms with Crippen LogP contribution in [0.4, 0.5) is 0 Å². The normalized spacial score (nSPS) is 19.4. The lowest BCUT2D eigenvalue weighted by atomic mass is 9.82. The molecule has 1 saturated heterocycles. The minimum absolute atomic E-state index is 0.236. The highest BCUT2D eigenvalue weighted by atomic mass is 16.5. The molecule has 0 aromatic rings. The minimum Gasteiger partial charge on any atom is -0.462 e. The van der Waals surface area contributed by atoms with E-state index in [1.54, 1.807) is 0 Å². The third-order valence-corrected chi connectivity index (χ3v) is 3.62. The molecular formula is C15H26O2. The van der Waals surface area contributed by atoms with Crippen molar-refractivity contribution in [3.8, 4) is 0 Å². The summed E-state index contributed by atoms with van der Waals surface area (Å²) < 4.78 is 4.53. The maximum absolute atomic E-state index is 10.3. The molecule has 0 radical (unpaired) electrons. The highest BCUT2D eigenvalue weighted by molar-refractivity contribution is 5.89. The molecule has 17 heavy (non-hydrogen) atoms. The van der Waals surface area contributed by atoms with Gasteiger partial charge in [0.1, 0.15) is 0 Å². The lowest BCUT2D eigenvalue weighted by Crippen LogP contribution is -2.10. The summed E-state index contributed by atoms with van der Waals surface area (Å²) in [7, 11) is 0. The maximum Gasteiger partial charge on any atom is 0.333 e. The van der Waals surface area contributed by atoms with Crippen LogP contribution in [0.3, 0.4) is 0 Å².